The first-order valence-electron chi connectivity index (χ1n) is 7.56. The molecule has 0 aliphatic carbocycles. The second-order valence-electron chi connectivity index (χ2n) is 5.30. The monoisotopic (exact) mass is 310 g/mol. The van der Waals surface area contributed by atoms with E-state index in [2.05, 4.69) is 0 Å². The molecular weight excluding hydrogens is 292 g/mol. The van der Waals surface area contributed by atoms with Crippen molar-refractivity contribution < 1.29 is 14.3 Å². The van der Waals surface area contributed by atoms with Crippen LogP contribution in [0.2, 0.25) is 0 Å². The van der Waals surface area contributed by atoms with Crippen LogP contribution < -0.4 is 15.4 Å². The number of amides is 1. The molecule has 1 unspecified atom stereocenters. The van der Waals surface area contributed by atoms with Gasteiger partial charge in [0.25, 0.3) is 5.91 Å². The number of fused-ring (bicyclic) bond motifs is 1. The third-order valence-electron chi connectivity index (χ3n) is 3.91. The van der Waals surface area contributed by atoms with Crippen LogP contribution in [0.5, 0.6) is 5.75 Å². The summed E-state index contributed by atoms with van der Waals surface area (Å²) in [4.78, 5) is 26.2. The van der Waals surface area contributed by atoms with Crippen molar-refractivity contribution in [1.29, 1.82) is 0 Å². The summed E-state index contributed by atoms with van der Waals surface area (Å²) >= 11 is 0. The predicted molar refractivity (Wildman–Crippen MR) is 87.7 cm³/mol. The Hall–Kier alpha value is -2.66. The Kier molecular flexibility index (Phi) is 4.12. The summed E-state index contributed by atoms with van der Waals surface area (Å²) in [5.41, 5.74) is 7.32. The van der Waals surface area contributed by atoms with Crippen LogP contribution in [0.25, 0.3) is 0 Å². The first kappa shape index (κ1) is 15.2. The van der Waals surface area contributed by atoms with Crippen molar-refractivity contribution >= 4 is 17.4 Å². The van der Waals surface area contributed by atoms with Gasteiger partial charge in [-0.25, -0.2) is 0 Å². The maximum atomic E-state index is 12.8. The molecule has 1 atom stereocenters. The summed E-state index contributed by atoms with van der Waals surface area (Å²) in [5.74, 6) is 0.291. The molecule has 2 N–H and O–H groups in total. The van der Waals surface area contributed by atoms with Crippen LogP contribution in [0.4, 0.5) is 5.69 Å². The van der Waals surface area contributed by atoms with E-state index in [-0.39, 0.29) is 18.2 Å². The summed E-state index contributed by atoms with van der Waals surface area (Å²) in [6, 6.07) is 14.5. The number of nitrogens with zero attached hydrogens (tertiary/aromatic N) is 1. The number of hydrogen-bond donors (Lipinski definition) is 1. The zero-order valence-corrected chi connectivity index (χ0v) is 12.9. The topological polar surface area (TPSA) is 72.6 Å². The van der Waals surface area contributed by atoms with Crippen LogP contribution >= 0.6 is 0 Å². The van der Waals surface area contributed by atoms with Crippen LogP contribution in [-0.2, 0) is 4.79 Å². The van der Waals surface area contributed by atoms with Gasteiger partial charge in [0.05, 0.1) is 12.2 Å². The number of ether oxygens (including phenoxy) is 1. The molecule has 1 amide bonds. The van der Waals surface area contributed by atoms with Crippen molar-refractivity contribution in [2.45, 2.75) is 13.0 Å². The largest absolute Gasteiger partial charge is 0.474 e. The highest BCUT2D eigenvalue weighted by Gasteiger charge is 2.35. The van der Waals surface area contributed by atoms with Gasteiger partial charge in [-0.3, -0.25) is 9.59 Å². The van der Waals surface area contributed by atoms with Crippen molar-refractivity contribution in [2.24, 2.45) is 5.73 Å². The average Bonchev–Trinajstić information content (AvgIpc) is 2.61. The van der Waals surface area contributed by atoms with Crippen LogP contribution in [-0.4, -0.2) is 24.8 Å². The lowest BCUT2D eigenvalue weighted by Crippen LogP contribution is -2.41. The fourth-order valence-electron chi connectivity index (χ4n) is 2.72. The summed E-state index contributed by atoms with van der Waals surface area (Å²) in [6.07, 6.45) is -0.667. The van der Waals surface area contributed by atoms with Crippen molar-refractivity contribution in [3.63, 3.8) is 0 Å². The molecule has 3 rings (SSSR count). The number of benzene rings is 2. The molecule has 0 saturated carbocycles. The van der Waals surface area contributed by atoms with Gasteiger partial charge in [-0.1, -0.05) is 30.3 Å². The first-order chi connectivity index (χ1) is 11.2. The van der Waals surface area contributed by atoms with E-state index in [0.717, 1.165) is 5.56 Å². The Bertz CT molecular complexity index is 743. The van der Waals surface area contributed by atoms with E-state index < -0.39 is 6.10 Å². The number of carbonyl (C=O) groups excluding carboxylic acids is 2. The molecule has 23 heavy (non-hydrogen) atoms. The highest BCUT2D eigenvalue weighted by molar-refractivity contribution is 6.03. The fourth-order valence-corrected chi connectivity index (χ4v) is 2.72. The number of Topliss-reactive ketones (excluding diaryl/α,β-unsaturated/α-hetero) is 1. The minimum Gasteiger partial charge on any atom is -0.474 e. The van der Waals surface area contributed by atoms with Crippen molar-refractivity contribution in [2.75, 3.05) is 18.0 Å². The number of carbonyl (C=O) groups is 2. The lowest BCUT2D eigenvalue weighted by atomic mass is 10.0. The SMILES string of the molecule is CCN1C(=O)C(c2ccccc2)Oc2ccc(C(=O)CN)cc21. The van der Waals surface area contributed by atoms with Gasteiger partial charge < -0.3 is 15.4 Å². The Balaban J connectivity index is 2.03. The van der Waals surface area contributed by atoms with Crippen LogP contribution in [0.1, 0.15) is 28.9 Å². The quantitative estimate of drug-likeness (QED) is 0.880. The third-order valence-corrected chi connectivity index (χ3v) is 3.91. The van der Waals surface area contributed by atoms with Gasteiger partial charge in [-0.2, -0.15) is 0 Å². The molecule has 0 radical (unpaired) electrons. The van der Waals surface area contributed by atoms with Crippen LogP contribution in [0.3, 0.4) is 0 Å². The minimum atomic E-state index is -0.667. The van der Waals surface area contributed by atoms with E-state index >= 15 is 0 Å². The van der Waals surface area contributed by atoms with Crippen molar-refractivity contribution in [3.05, 3.63) is 59.7 Å². The molecule has 2 aromatic rings. The number of nitrogens with two attached hydrogens (primary N) is 1. The lowest BCUT2D eigenvalue weighted by Gasteiger charge is -2.34. The Morgan fingerprint density at radius 1 is 1.22 bits per heavy atom. The summed E-state index contributed by atoms with van der Waals surface area (Å²) in [6.45, 7) is 2.33. The molecule has 0 saturated heterocycles. The number of anilines is 1. The van der Waals surface area contributed by atoms with Gasteiger partial charge in [-0.05, 0) is 25.1 Å². The number of hydrogen-bond acceptors (Lipinski definition) is 4. The highest BCUT2D eigenvalue weighted by atomic mass is 16.5. The average molecular weight is 310 g/mol. The van der Waals surface area contributed by atoms with Gasteiger partial charge >= 0.3 is 0 Å². The smallest absolute Gasteiger partial charge is 0.272 e. The minimum absolute atomic E-state index is 0.0631. The van der Waals surface area contributed by atoms with Gasteiger partial charge in [0, 0.05) is 17.7 Å². The molecule has 0 bridgehead atoms. The van der Waals surface area contributed by atoms with E-state index in [1.165, 1.54) is 0 Å². The Morgan fingerprint density at radius 3 is 2.61 bits per heavy atom. The second kappa shape index (κ2) is 6.22. The maximum Gasteiger partial charge on any atom is 0.272 e. The Morgan fingerprint density at radius 2 is 1.96 bits per heavy atom. The molecule has 0 spiro atoms. The number of rotatable bonds is 4. The summed E-state index contributed by atoms with van der Waals surface area (Å²) in [7, 11) is 0. The van der Waals surface area contributed by atoms with E-state index in [0.29, 0.717) is 23.5 Å². The van der Waals surface area contributed by atoms with E-state index in [1.807, 2.05) is 37.3 Å². The standard InChI is InChI=1S/C18H18N2O3/c1-2-20-14-10-13(15(21)11-19)8-9-16(14)23-17(18(20)22)12-6-4-3-5-7-12/h3-10,17H,2,11,19H2,1H3. The third kappa shape index (κ3) is 2.71. The van der Waals surface area contributed by atoms with Gasteiger partial charge in [0.15, 0.2) is 5.78 Å². The Labute approximate surface area is 134 Å². The number of ketones is 1. The molecule has 2 aromatic carbocycles. The maximum absolute atomic E-state index is 12.8. The first-order valence-corrected chi connectivity index (χ1v) is 7.56. The second-order valence-corrected chi connectivity index (χ2v) is 5.30. The van der Waals surface area contributed by atoms with Gasteiger partial charge in [-0.15, -0.1) is 0 Å². The molecule has 1 aliphatic heterocycles. The molecule has 118 valence electrons. The van der Waals surface area contributed by atoms with Crippen molar-refractivity contribution in [1.82, 2.24) is 0 Å². The highest BCUT2D eigenvalue weighted by Crippen LogP contribution is 2.39. The zero-order chi connectivity index (χ0) is 16.4. The fraction of sp³-hybridized carbons (Fsp3) is 0.222. The van der Waals surface area contributed by atoms with E-state index in [9.17, 15) is 9.59 Å². The van der Waals surface area contributed by atoms with Crippen molar-refractivity contribution in [3.8, 4) is 5.75 Å². The molecule has 1 heterocycles. The van der Waals surface area contributed by atoms with Crippen LogP contribution in [0, 0.1) is 0 Å². The molecule has 1 aliphatic rings. The lowest BCUT2D eigenvalue weighted by molar-refractivity contribution is -0.126. The molecule has 0 aromatic heterocycles. The van der Waals surface area contributed by atoms with Gasteiger partial charge in [0.2, 0.25) is 6.10 Å². The molecule has 0 fully saturated rings. The normalized spacial score (nSPS) is 16.7. The molecular formula is C18H18N2O3. The predicted octanol–water partition coefficient (Wildman–Crippen LogP) is 2.31. The molecule has 5 heteroatoms. The summed E-state index contributed by atoms with van der Waals surface area (Å²) < 4.78 is 5.90. The summed E-state index contributed by atoms with van der Waals surface area (Å²) in [5, 5.41) is 0. The number of likely N-dealkylation sites (N-methyl/N-ethyl adjacent to an activating group) is 1. The zero-order valence-electron chi connectivity index (χ0n) is 12.9. The van der Waals surface area contributed by atoms with Gasteiger partial charge in [0.1, 0.15) is 5.75 Å². The van der Waals surface area contributed by atoms with Crippen LogP contribution in [0.15, 0.2) is 48.5 Å². The molecule has 5 nitrogen and oxygen atoms in total. The van der Waals surface area contributed by atoms with E-state index in [1.54, 1.807) is 23.1 Å². The van der Waals surface area contributed by atoms with E-state index in [4.69, 9.17) is 10.5 Å².